The van der Waals surface area contributed by atoms with Crippen molar-refractivity contribution in [1.29, 1.82) is 0 Å². The molecule has 0 saturated heterocycles. The van der Waals surface area contributed by atoms with Crippen molar-refractivity contribution in [2.75, 3.05) is 5.73 Å². The molecule has 0 spiro atoms. The number of fused-ring (bicyclic) bond motifs is 1. The number of nitrogen functional groups attached to an aromatic ring is 1. The lowest BCUT2D eigenvalue weighted by Crippen LogP contribution is -2.00. The van der Waals surface area contributed by atoms with E-state index in [1.54, 1.807) is 0 Å². The lowest BCUT2D eigenvalue weighted by Gasteiger charge is -2.04. The highest BCUT2D eigenvalue weighted by atomic mass is 31.2. The molecule has 0 aliphatic carbocycles. The number of nitrogens with two attached hydrogens (primary N) is 1. The number of phosphoric ester groups is 1. The van der Waals surface area contributed by atoms with E-state index in [0.717, 1.165) is 0 Å². The average molecular weight is 231 g/mol. The van der Waals surface area contributed by atoms with Crippen LogP contribution in [0.5, 0.6) is 6.01 Å². The first-order valence-corrected chi connectivity index (χ1v) is 5.20. The topological polar surface area (TPSA) is 147 Å². The number of H-pyrrole nitrogens is 1. The van der Waals surface area contributed by atoms with Crippen LogP contribution in [0.15, 0.2) is 6.33 Å². The third-order valence-electron chi connectivity index (χ3n) is 1.49. The van der Waals surface area contributed by atoms with E-state index in [1.807, 2.05) is 0 Å². The van der Waals surface area contributed by atoms with Gasteiger partial charge in [-0.2, -0.15) is 9.97 Å². The highest BCUT2D eigenvalue weighted by Crippen LogP contribution is 2.36. The Morgan fingerprint density at radius 3 is 2.87 bits per heavy atom. The van der Waals surface area contributed by atoms with Gasteiger partial charge in [0.15, 0.2) is 11.5 Å². The summed E-state index contributed by atoms with van der Waals surface area (Å²) in [4.78, 5) is 30.6. The van der Waals surface area contributed by atoms with Gasteiger partial charge in [0.25, 0.3) is 0 Å². The standard InChI is InChI=1S/C5H6N5O4P/c6-3-2-4(8-1-7-2)10-5(9-3)14-15(11,12)13/h1H,(H2,11,12,13)(H3,6,7,8,9,10). The molecule has 2 heterocycles. The number of imidazole rings is 1. The number of anilines is 1. The third kappa shape index (κ3) is 2.04. The minimum atomic E-state index is -4.69. The summed E-state index contributed by atoms with van der Waals surface area (Å²) < 4.78 is 14.7. The summed E-state index contributed by atoms with van der Waals surface area (Å²) in [6.45, 7) is 0. The van der Waals surface area contributed by atoms with Crippen LogP contribution in [-0.2, 0) is 4.57 Å². The molecule has 0 fully saturated rings. The molecule has 0 saturated carbocycles. The fraction of sp³-hybridized carbons (Fsp3) is 0. The lowest BCUT2D eigenvalue weighted by atomic mass is 10.5. The molecule has 0 atom stereocenters. The minimum Gasteiger partial charge on any atom is -0.382 e. The number of aromatic amines is 1. The quantitative estimate of drug-likeness (QED) is 0.501. The summed E-state index contributed by atoms with van der Waals surface area (Å²) in [6.07, 6.45) is 1.33. The van der Waals surface area contributed by atoms with Crippen LogP contribution in [0.3, 0.4) is 0 Å². The summed E-state index contributed by atoms with van der Waals surface area (Å²) in [5, 5.41) is 0. The van der Waals surface area contributed by atoms with Crippen molar-refractivity contribution in [2.45, 2.75) is 0 Å². The molecule has 10 heteroatoms. The fourth-order valence-corrected chi connectivity index (χ4v) is 1.28. The zero-order chi connectivity index (χ0) is 11.1. The van der Waals surface area contributed by atoms with Crippen molar-refractivity contribution in [3.05, 3.63) is 6.33 Å². The average Bonchev–Trinajstić information content (AvgIpc) is 2.48. The Hall–Kier alpha value is -1.70. The first-order chi connectivity index (χ1) is 6.96. The molecular weight excluding hydrogens is 225 g/mol. The van der Waals surface area contributed by atoms with Crippen LogP contribution in [0.4, 0.5) is 5.82 Å². The Labute approximate surface area is 82.6 Å². The normalized spacial score (nSPS) is 11.9. The molecule has 0 radical (unpaired) electrons. The SMILES string of the molecule is Nc1nc(OP(=O)(O)O)nc2nc[nH]c12. The van der Waals surface area contributed by atoms with E-state index >= 15 is 0 Å². The van der Waals surface area contributed by atoms with Gasteiger partial charge < -0.3 is 15.2 Å². The molecule has 0 unspecified atom stereocenters. The van der Waals surface area contributed by atoms with Crippen molar-refractivity contribution in [1.82, 2.24) is 19.9 Å². The van der Waals surface area contributed by atoms with Crippen LogP contribution in [-0.4, -0.2) is 29.7 Å². The molecule has 5 N–H and O–H groups in total. The molecule has 9 nitrogen and oxygen atoms in total. The Kier molecular flexibility index (Phi) is 2.07. The number of nitrogens with one attached hydrogen (secondary N) is 1. The monoisotopic (exact) mass is 231 g/mol. The van der Waals surface area contributed by atoms with E-state index in [-0.39, 0.29) is 11.5 Å². The number of nitrogens with zero attached hydrogens (tertiary/aromatic N) is 3. The number of aromatic nitrogens is 4. The van der Waals surface area contributed by atoms with E-state index < -0.39 is 13.8 Å². The van der Waals surface area contributed by atoms with E-state index in [1.165, 1.54) is 6.33 Å². The maximum Gasteiger partial charge on any atom is 0.527 e. The molecule has 2 aromatic heterocycles. The van der Waals surface area contributed by atoms with Gasteiger partial charge in [-0.15, -0.1) is 0 Å². The molecule has 0 bridgehead atoms. The Balaban J connectivity index is 2.50. The van der Waals surface area contributed by atoms with E-state index in [2.05, 4.69) is 24.5 Å². The summed E-state index contributed by atoms with van der Waals surface area (Å²) in [7, 11) is -4.69. The van der Waals surface area contributed by atoms with Crippen LogP contribution < -0.4 is 10.3 Å². The highest BCUT2D eigenvalue weighted by molar-refractivity contribution is 7.46. The van der Waals surface area contributed by atoms with Crippen molar-refractivity contribution in [3.63, 3.8) is 0 Å². The summed E-state index contributed by atoms with van der Waals surface area (Å²) in [6, 6.07) is -0.513. The summed E-state index contributed by atoms with van der Waals surface area (Å²) >= 11 is 0. The van der Waals surface area contributed by atoms with E-state index in [4.69, 9.17) is 15.5 Å². The minimum absolute atomic E-state index is 0.000880. The Morgan fingerprint density at radius 2 is 2.20 bits per heavy atom. The van der Waals surface area contributed by atoms with Gasteiger partial charge in [-0.05, 0) is 0 Å². The maximum absolute atomic E-state index is 10.5. The molecule has 80 valence electrons. The number of rotatable bonds is 2. The molecule has 0 aromatic carbocycles. The maximum atomic E-state index is 10.5. The lowest BCUT2D eigenvalue weighted by molar-refractivity contribution is 0.276. The third-order valence-corrected chi connectivity index (χ3v) is 1.89. The summed E-state index contributed by atoms with van der Waals surface area (Å²) in [5.74, 6) is 0.000880. The second kappa shape index (κ2) is 3.16. The molecule has 0 aliphatic heterocycles. The molecular formula is C5H6N5O4P. The van der Waals surface area contributed by atoms with Gasteiger partial charge in [-0.3, -0.25) is 9.79 Å². The zero-order valence-corrected chi connectivity index (χ0v) is 8.05. The Bertz CT molecular complexity index is 547. The molecule has 15 heavy (non-hydrogen) atoms. The molecule has 2 rings (SSSR count). The number of hydrogen-bond donors (Lipinski definition) is 4. The van der Waals surface area contributed by atoms with Crippen LogP contribution in [0.1, 0.15) is 0 Å². The van der Waals surface area contributed by atoms with Gasteiger partial charge in [0.05, 0.1) is 6.33 Å². The molecule has 0 amide bonds. The van der Waals surface area contributed by atoms with Crippen molar-refractivity contribution < 1.29 is 18.9 Å². The largest absolute Gasteiger partial charge is 0.527 e. The van der Waals surface area contributed by atoms with Gasteiger partial charge in [-0.1, -0.05) is 0 Å². The van der Waals surface area contributed by atoms with Gasteiger partial charge in [0.1, 0.15) is 5.52 Å². The number of phosphoric acid groups is 1. The summed E-state index contributed by atoms with van der Waals surface area (Å²) in [5.41, 5.74) is 6.02. The van der Waals surface area contributed by atoms with Crippen molar-refractivity contribution in [2.24, 2.45) is 0 Å². The van der Waals surface area contributed by atoms with Crippen molar-refractivity contribution in [3.8, 4) is 6.01 Å². The first kappa shape index (κ1) is 9.84. The van der Waals surface area contributed by atoms with Gasteiger partial charge >= 0.3 is 13.8 Å². The van der Waals surface area contributed by atoms with Gasteiger partial charge in [-0.25, -0.2) is 9.55 Å². The smallest absolute Gasteiger partial charge is 0.382 e. The van der Waals surface area contributed by atoms with Crippen LogP contribution in [0.2, 0.25) is 0 Å². The van der Waals surface area contributed by atoms with Crippen molar-refractivity contribution >= 4 is 24.8 Å². The van der Waals surface area contributed by atoms with Crippen LogP contribution in [0.25, 0.3) is 11.2 Å². The van der Waals surface area contributed by atoms with Crippen LogP contribution in [0, 0.1) is 0 Å². The number of hydrogen-bond acceptors (Lipinski definition) is 6. The molecule has 0 aliphatic rings. The zero-order valence-electron chi connectivity index (χ0n) is 7.15. The second-order valence-electron chi connectivity index (χ2n) is 2.57. The van der Waals surface area contributed by atoms with Gasteiger partial charge in [0, 0.05) is 0 Å². The Morgan fingerprint density at radius 1 is 1.47 bits per heavy atom. The predicted octanol–water partition coefficient (Wildman–Crippen LogP) is -0.593. The van der Waals surface area contributed by atoms with E-state index in [0.29, 0.717) is 5.52 Å². The first-order valence-electron chi connectivity index (χ1n) is 3.67. The highest BCUT2D eigenvalue weighted by Gasteiger charge is 2.19. The van der Waals surface area contributed by atoms with Crippen LogP contribution >= 0.6 is 7.82 Å². The second-order valence-corrected chi connectivity index (χ2v) is 3.74. The van der Waals surface area contributed by atoms with E-state index in [9.17, 15) is 4.57 Å². The predicted molar refractivity (Wildman–Crippen MR) is 48.8 cm³/mol. The fourth-order valence-electron chi connectivity index (χ4n) is 0.982. The van der Waals surface area contributed by atoms with Gasteiger partial charge in [0.2, 0.25) is 0 Å². The molecule has 2 aromatic rings.